The van der Waals surface area contributed by atoms with Crippen molar-refractivity contribution in [3.05, 3.63) is 71.7 Å². The van der Waals surface area contributed by atoms with Crippen LogP contribution in [0.1, 0.15) is 44.3 Å². The molecule has 14 heteroatoms. The van der Waals surface area contributed by atoms with Gasteiger partial charge in [-0.15, -0.1) is 10.2 Å². The highest BCUT2D eigenvalue weighted by Gasteiger charge is 2.37. The van der Waals surface area contributed by atoms with Gasteiger partial charge in [-0.3, -0.25) is 14.3 Å². The second-order valence-electron chi connectivity index (χ2n) is 8.90. The highest BCUT2D eigenvalue weighted by molar-refractivity contribution is 7.93. The fourth-order valence-corrected chi connectivity index (χ4v) is 5.28. The molecule has 0 unspecified atom stereocenters. The summed E-state index contributed by atoms with van der Waals surface area (Å²) in [5.41, 5.74) is 1.37. The second kappa shape index (κ2) is 10.6. The van der Waals surface area contributed by atoms with Crippen LogP contribution in [0.25, 0.3) is 11.4 Å². The molecule has 0 aromatic carbocycles. The van der Waals surface area contributed by atoms with Crippen molar-refractivity contribution in [1.29, 1.82) is 0 Å². The molecule has 0 saturated carbocycles. The maximum atomic E-state index is 13.7. The number of anilines is 1. The number of ether oxygens (including phenoxy) is 2. The zero-order valence-corrected chi connectivity index (χ0v) is 22.3. The summed E-state index contributed by atoms with van der Waals surface area (Å²) in [7, 11) is -4.10. The monoisotopic (exact) mass is 556 g/mol. The van der Waals surface area contributed by atoms with Crippen LogP contribution in [0.4, 0.5) is 5.95 Å². The van der Waals surface area contributed by atoms with E-state index in [-0.39, 0.29) is 24.5 Å². The smallest absolute Gasteiger partial charge is 0.240 e. The van der Waals surface area contributed by atoms with Crippen LogP contribution in [0.3, 0.4) is 0 Å². The van der Waals surface area contributed by atoms with E-state index in [2.05, 4.69) is 34.9 Å². The van der Waals surface area contributed by atoms with Crippen LogP contribution in [-0.2, 0) is 14.8 Å². The van der Waals surface area contributed by atoms with Gasteiger partial charge in [0.15, 0.2) is 11.6 Å². The van der Waals surface area contributed by atoms with E-state index in [0.29, 0.717) is 22.3 Å². The molecular formula is C24H25ClN8O4S. The fourth-order valence-electron chi connectivity index (χ4n) is 4.09. The topological polar surface area (TPSA) is 147 Å². The zero-order valence-electron chi connectivity index (χ0n) is 20.8. The number of nitrogens with one attached hydrogen (secondary N) is 1. The molecule has 0 amide bonds. The van der Waals surface area contributed by atoms with Gasteiger partial charge in [-0.2, -0.15) is 0 Å². The number of aromatic nitrogens is 7. The van der Waals surface area contributed by atoms with Crippen LogP contribution in [0, 0.1) is 0 Å². The van der Waals surface area contributed by atoms with Gasteiger partial charge >= 0.3 is 0 Å². The lowest BCUT2D eigenvalue weighted by molar-refractivity contribution is 0.00154. The zero-order chi connectivity index (χ0) is 26.9. The molecule has 1 aliphatic heterocycles. The average molecular weight is 557 g/mol. The van der Waals surface area contributed by atoms with Crippen molar-refractivity contribution in [3.63, 3.8) is 0 Å². The first-order chi connectivity index (χ1) is 18.2. The van der Waals surface area contributed by atoms with Gasteiger partial charge in [-0.1, -0.05) is 17.7 Å². The molecule has 3 atom stereocenters. The molecule has 0 bridgehead atoms. The largest absolute Gasteiger partial charge is 0.475 e. The average Bonchev–Trinajstić information content (AvgIpc) is 3.22. The summed E-state index contributed by atoms with van der Waals surface area (Å²) in [6.45, 7) is 5.28. The van der Waals surface area contributed by atoms with Gasteiger partial charge in [-0.05, 0) is 44.5 Å². The van der Waals surface area contributed by atoms with Gasteiger partial charge in [0, 0.05) is 31.0 Å². The van der Waals surface area contributed by atoms with E-state index in [4.69, 9.17) is 21.1 Å². The third-order valence-electron chi connectivity index (χ3n) is 5.93. The number of halogens is 1. The minimum Gasteiger partial charge on any atom is -0.475 e. The quantitative estimate of drug-likeness (QED) is 0.342. The Kier molecular flexibility index (Phi) is 7.23. The Bertz CT molecular complexity index is 1520. The molecule has 198 valence electrons. The van der Waals surface area contributed by atoms with Gasteiger partial charge in [-0.25, -0.2) is 23.4 Å². The normalized spacial score (nSPS) is 16.6. The predicted octanol–water partition coefficient (Wildman–Crippen LogP) is 3.46. The summed E-state index contributed by atoms with van der Waals surface area (Å²) in [6, 6.07) is 6.72. The Labute approximate surface area is 224 Å². The van der Waals surface area contributed by atoms with Gasteiger partial charge in [0.05, 0.1) is 22.7 Å². The predicted molar refractivity (Wildman–Crippen MR) is 139 cm³/mol. The van der Waals surface area contributed by atoms with Gasteiger partial charge < -0.3 is 9.47 Å². The lowest BCUT2D eigenvalue weighted by atomic mass is 10.1. The summed E-state index contributed by atoms with van der Waals surface area (Å²) in [6.07, 6.45) is 6.49. The second-order valence-corrected chi connectivity index (χ2v) is 11.4. The van der Waals surface area contributed by atoms with Crippen molar-refractivity contribution >= 4 is 27.6 Å². The molecule has 0 aliphatic carbocycles. The molecule has 5 heterocycles. The van der Waals surface area contributed by atoms with Crippen LogP contribution in [0.5, 0.6) is 5.88 Å². The van der Waals surface area contributed by atoms with E-state index >= 15 is 0 Å². The van der Waals surface area contributed by atoms with E-state index in [1.165, 1.54) is 19.3 Å². The van der Waals surface area contributed by atoms with Crippen LogP contribution in [0.15, 0.2) is 55.2 Å². The number of sulfonamides is 1. The highest BCUT2D eigenvalue weighted by Crippen LogP contribution is 2.37. The van der Waals surface area contributed by atoms with Crippen molar-refractivity contribution in [2.45, 2.75) is 44.3 Å². The first kappa shape index (κ1) is 25.9. The minimum atomic E-state index is -4.10. The lowest BCUT2D eigenvalue weighted by Crippen LogP contribution is -2.35. The summed E-state index contributed by atoms with van der Waals surface area (Å²) in [5.74, 6) is 0.991. The summed E-state index contributed by atoms with van der Waals surface area (Å²) in [4.78, 5) is 16.9. The first-order valence-corrected chi connectivity index (χ1v) is 13.7. The molecule has 12 nitrogen and oxygen atoms in total. The number of pyridine rings is 2. The van der Waals surface area contributed by atoms with E-state index in [1.807, 2.05) is 6.07 Å². The van der Waals surface area contributed by atoms with Crippen molar-refractivity contribution in [2.75, 3.05) is 11.3 Å². The molecule has 4 aromatic rings. The van der Waals surface area contributed by atoms with Crippen molar-refractivity contribution < 1.29 is 17.9 Å². The maximum absolute atomic E-state index is 13.7. The molecule has 0 fully saturated rings. The Balaban J connectivity index is 1.55. The molecule has 1 aliphatic rings. The van der Waals surface area contributed by atoms with Crippen LogP contribution in [0.2, 0.25) is 5.02 Å². The number of nitrogens with zero attached hydrogens (tertiary/aromatic N) is 7. The van der Waals surface area contributed by atoms with Crippen LogP contribution < -0.4 is 9.46 Å². The number of rotatable bonds is 8. The third kappa shape index (κ3) is 5.17. The van der Waals surface area contributed by atoms with Gasteiger partial charge in [0.2, 0.25) is 21.9 Å². The minimum absolute atomic E-state index is 0.0151. The molecule has 0 radical (unpaired) electrons. The molecular weight excluding hydrogens is 532 g/mol. The lowest BCUT2D eigenvalue weighted by Gasteiger charge is -2.26. The van der Waals surface area contributed by atoms with Crippen molar-refractivity contribution in [2.24, 2.45) is 0 Å². The van der Waals surface area contributed by atoms with Gasteiger partial charge in [0.1, 0.15) is 18.0 Å². The van der Waals surface area contributed by atoms with Crippen LogP contribution >= 0.6 is 11.6 Å². The number of hydrogen-bond acceptors (Lipinski definition) is 10. The van der Waals surface area contributed by atoms with Gasteiger partial charge in [0.25, 0.3) is 0 Å². The maximum Gasteiger partial charge on any atom is 0.240 e. The summed E-state index contributed by atoms with van der Waals surface area (Å²) in [5, 5.41) is 7.75. The molecule has 4 aromatic heterocycles. The molecule has 5 rings (SSSR count). The van der Waals surface area contributed by atoms with E-state index in [1.54, 1.807) is 55.2 Å². The Morgan fingerprint density at radius 2 is 1.84 bits per heavy atom. The number of fused-ring (bicyclic) bond motifs is 3. The molecule has 1 N–H and O–H groups in total. The highest BCUT2D eigenvalue weighted by atomic mass is 35.5. The Hall–Kier alpha value is -3.68. The summed E-state index contributed by atoms with van der Waals surface area (Å²) < 4.78 is 43.7. The molecule has 38 heavy (non-hydrogen) atoms. The summed E-state index contributed by atoms with van der Waals surface area (Å²) >= 11 is 5.93. The van der Waals surface area contributed by atoms with Crippen LogP contribution in [-0.4, -0.2) is 61.1 Å². The first-order valence-electron chi connectivity index (χ1n) is 11.8. The molecule has 0 spiro atoms. The third-order valence-corrected chi connectivity index (χ3v) is 7.82. The van der Waals surface area contributed by atoms with Crippen molar-refractivity contribution in [1.82, 2.24) is 34.7 Å². The van der Waals surface area contributed by atoms with E-state index in [0.717, 1.165) is 5.56 Å². The fraction of sp³-hybridized carbons (Fsp3) is 0.333. The van der Waals surface area contributed by atoms with E-state index < -0.39 is 27.4 Å². The SMILES string of the molecule is CC(C)O[C@@H](c1ncc(Cl)cn1)[C@H](C)S(=O)(=O)Nc1nnc2n1[C@H](c1cccnc1)COc1ncccc1-2. The number of hydrogen-bond donors (Lipinski definition) is 1. The Morgan fingerprint density at radius 3 is 2.55 bits per heavy atom. The van der Waals surface area contributed by atoms with E-state index in [9.17, 15) is 8.42 Å². The standard InChI is InChI=1S/C24H25ClN8O4S/c1-14(2)37-20(21-28-11-17(25)12-29-21)15(3)38(34,35)32-24-31-30-22-18-7-5-9-27-23(18)36-13-19(33(22)24)16-6-4-8-26-10-16/h4-12,14-15,19-20H,13H2,1-3H3,(H,31,32)/t15-,19-,20+/m0/s1. The van der Waals surface area contributed by atoms with Crippen molar-refractivity contribution in [3.8, 4) is 17.3 Å². The molecule has 0 saturated heterocycles. The Morgan fingerprint density at radius 1 is 1.08 bits per heavy atom.